The van der Waals surface area contributed by atoms with Gasteiger partial charge in [0, 0.05) is 24.6 Å². The molecule has 1 aliphatic carbocycles. The van der Waals surface area contributed by atoms with Crippen molar-refractivity contribution in [3.05, 3.63) is 29.8 Å². The molecule has 5 nitrogen and oxygen atoms in total. The van der Waals surface area contributed by atoms with Gasteiger partial charge in [0.05, 0.1) is 6.10 Å². The summed E-state index contributed by atoms with van der Waals surface area (Å²) in [5, 5.41) is 9.97. The highest BCUT2D eigenvalue weighted by molar-refractivity contribution is 7.90. The molecule has 3 atom stereocenters. The zero-order valence-electron chi connectivity index (χ0n) is 10.9. The standard InChI is InChI=1S/C14H16N2O3S/c17-12-6-5-9-7-16(8-11(9)12)14-10-3-1-2-4-13(10)20(18,19)15-14/h1-4,9,11-12,17H,5-8H2. The van der Waals surface area contributed by atoms with Crippen LogP contribution in [-0.2, 0) is 10.0 Å². The molecule has 3 unspecified atom stereocenters. The monoisotopic (exact) mass is 292 g/mol. The number of aliphatic hydroxyl groups is 1. The minimum Gasteiger partial charge on any atom is -0.393 e. The molecule has 0 radical (unpaired) electrons. The zero-order valence-corrected chi connectivity index (χ0v) is 11.8. The quantitative estimate of drug-likeness (QED) is 0.769. The van der Waals surface area contributed by atoms with Gasteiger partial charge < -0.3 is 10.0 Å². The van der Waals surface area contributed by atoms with Crippen molar-refractivity contribution in [3.8, 4) is 0 Å². The number of aliphatic hydroxyl groups excluding tert-OH is 1. The third-order valence-corrected chi connectivity index (χ3v) is 6.06. The molecule has 106 valence electrons. The highest BCUT2D eigenvalue weighted by Gasteiger charge is 2.44. The Balaban J connectivity index is 1.71. The van der Waals surface area contributed by atoms with Crippen LogP contribution in [0.15, 0.2) is 33.6 Å². The number of hydrogen-bond donors (Lipinski definition) is 1. The van der Waals surface area contributed by atoms with Gasteiger partial charge in [-0.25, -0.2) is 0 Å². The molecule has 1 aromatic rings. The molecule has 2 heterocycles. The van der Waals surface area contributed by atoms with Gasteiger partial charge in [-0.05, 0) is 30.9 Å². The van der Waals surface area contributed by atoms with Crippen LogP contribution >= 0.6 is 0 Å². The fraction of sp³-hybridized carbons (Fsp3) is 0.500. The number of likely N-dealkylation sites (tertiary alicyclic amines) is 1. The summed E-state index contributed by atoms with van der Waals surface area (Å²) in [7, 11) is -3.55. The van der Waals surface area contributed by atoms with Gasteiger partial charge in [0.1, 0.15) is 4.90 Å². The van der Waals surface area contributed by atoms with Crippen molar-refractivity contribution in [3.63, 3.8) is 0 Å². The Morgan fingerprint density at radius 2 is 2.00 bits per heavy atom. The summed E-state index contributed by atoms with van der Waals surface area (Å²) in [5.41, 5.74) is 0.696. The van der Waals surface area contributed by atoms with Gasteiger partial charge in [0.15, 0.2) is 5.84 Å². The minimum absolute atomic E-state index is 0.251. The van der Waals surface area contributed by atoms with Crippen LogP contribution in [0.25, 0.3) is 0 Å². The second kappa shape index (κ2) is 4.05. The molecular formula is C14H16N2O3S. The number of benzene rings is 1. The third kappa shape index (κ3) is 1.64. The fourth-order valence-electron chi connectivity index (χ4n) is 3.73. The summed E-state index contributed by atoms with van der Waals surface area (Å²) in [5.74, 6) is 1.28. The molecule has 0 amide bonds. The first-order valence-corrected chi connectivity index (χ1v) is 8.37. The topological polar surface area (TPSA) is 70.0 Å². The normalized spacial score (nSPS) is 34.0. The Morgan fingerprint density at radius 3 is 2.80 bits per heavy atom. The largest absolute Gasteiger partial charge is 0.393 e. The molecule has 1 saturated heterocycles. The highest BCUT2D eigenvalue weighted by Crippen LogP contribution is 2.40. The maximum Gasteiger partial charge on any atom is 0.285 e. The Morgan fingerprint density at radius 1 is 1.20 bits per heavy atom. The van der Waals surface area contributed by atoms with Crippen molar-refractivity contribution >= 4 is 15.9 Å². The molecule has 2 aliphatic heterocycles. The summed E-state index contributed by atoms with van der Waals surface area (Å²) in [6.07, 6.45) is 1.63. The van der Waals surface area contributed by atoms with Crippen molar-refractivity contribution in [2.75, 3.05) is 13.1 Å². The number of fused-ring (bicyclic) bond motifs is 2. The van der Waals surface area contributed by atoms with E-state index >= 15 is 0 Å². The number of nitrogens with zero attached hydrogens (tertiary/aromatic N) is 2. The van der Waals surface area contributed by atoms with E-state index < -0.39 is 10.0 Å². The van der Waals surface area contributed by atoms with Gasteiger partial charge in [-0.1, -0.05) is 12.1 Å². The Labute approximate surface area is 118 Å². The van der Waals surface area contributed by atoms with Crippen LogP contribution in [0.5, 0.6) is 0 Å². The van der Waals surface area contributed by atoms with E-state index in [0.717, 1.165) is 19.4 Å². The van der Waals surface area contributed by atoms with E-state index in [0.29, 0.717) is 28.8 Å². The smallest absolute Gasteiger partial charge is 0.285 e. The third-order valence-electron chi connectivity index (χ3n) is 4.73. The second-order valence-corrected chi connectivity index (χ2v) is 7.43. The van der Waals surface area contributed by atoms with Crippen molar-refractivity contribution in [1.82, 2.24) is 4.90 Å². The lowest BCUT2D eigenvalue weighted by Gasteiger charge is -2.20. The Hall–Kier alpha value is -1.40. The van der Waals surface area contributed by atoms with Crippen LogP contribution in [0.3, 0.4) is 0 Å². The van der Waals surface area contributed by atoms with E-state index in [2.05, 4.69) is 4.40 Å². The Bertz CT molecular complexity index is 698. The predicted octanol–water partition coefficient (Wildman–Crippen LogP) is 0.838. The number of amidine groups is 1. The van der Waals surface area contributed by atoms with E-state index in [4.69, 9.17) is 0 Å². The maximum absolute atomic E-state index is 12.1. The molecule has 20 heavy (non-hydrogen) atoms. The first-order valence-electron chi connectivity index (χ1n) is 6.93. The van der Waals surface area contributed by atoms with Gasteiger partial charge >= 0.3 is 0 Å². The molecule has 3 aliphatic rings. The van der Waals surface area contributed by atoms with Crippen LogP contribution < -0.4 is 0 Å². The zero-order chi connectivity index (χ0) is 13.9. The first-order chi connectivity index (χ1) is 9.56. The summed E-state index contributed by atoms with van der Waals surface area (Å²) in [6.45, 7) is 1.50. The second-order valence-electron chi connectivity index (χ2n) is 5.86. The molecule has 1 aromatic carbocycles. The number of rotatable bonds is 0. The maximum atomic E-state index is 12.1. The molecule has 1 N–H and O–H groups in total. The molecule has 1 saturated carbocycles. The first kappa shape index (κ1) is 12.3. The lowest BCUT2D eigenvalue weighted by molar-refractivity contribution is 0.129. The van der Waals surface area contributed by atoms with E-state index in [-0.39, 0.29) is 12.0 Å². The molecule has 4 rings (SSSR count). The highest BCUT2D eigenvalue weighted by atomic mass is 32.2. The van der Waals surface area contributed by atoms with Crippen LogP contribution in [0.2, 0.25) is 0 Å². The summed E-state index contributed by atoms with van der Waals surface area (Å²) < 4.78 is 28.1. The SMILES string of the molecule is O=S1(=O)N=C(N2CC3CCC(O)C3C2)c2ccccc21. The van der Waals surface area contributed by atoms with Gasteiger partial charge in [-0.15, -0.1) is 4.40 Å². The van der Waals surface area contributed by atoms with Crippen LogP contribution in [0.4, 0.5) is 0 Å². The fourth-order valence-corrected chi connectivity index (χ4v) is 4.95. The average molecular weight is 292 g/mol. The Kier molecular flexibility index (Phi) is 2.50. The average Bonchev–Trinajstić information content (AvgIpc) is 3.05. The van der Waals surface area contributed by atoms with E-state index in [1.807, 2.05) is 17.0 Å². The van der Waals surface area contributed by atoms with Gasteiger partial charge in [-0.2, -0.15) is 8.42 Å². The van der Waals surface area contributed by atoms with Crippen molar-refractivity contribution in [2.24, 2.45) is 16.2 Å². The summed E-state index contributed by atoms with van der Waals surface area (Å²) in [4.78, 5) is 2.33. The summed E-state index contributed by atoms with van der Waals surface area (Å²) >= 11 is 0. The molecule has 0 spiro atoms. The van der Waals surface area contributed by atoms with Crippen molar-refractivity contribution in [2.45, 2.75) is 23.8 Å². The van der Waals surface area contributed by atoms with Gasteiger partial charge in [0.2, 0.25) is 0 Å². The van der Waals surface area contributed by atoms with E-state index in [9.17, 15) is 13.5 Å². The molecule has 6 heteroatoms. The molecular weight excluding hydrogens is 276 g/mol. The van der Waals surface area contributed by atoms with Crippen molar-refractivity contribution in [1.29, 1.82) is 0 Å². The van der Waals surface area contributed by atoms with Crippen molar-refractivity contribution < 1.29 is 13.5 Å². The van der Waals surface area contributed by atoms with Gasteiger partial charge in [-0.3, -0.25) is 0 Å². The van der Waals surface area contributed by atoms with Crippen LogP contribution in [0, 0.1) is 11.8 Å². The lowest BCUT2D eigenvalue weighted by atomic mass is 10.00. The van der Waals surface area contributed by atoms with Gasteiger partial charge in [0.25, 0.3) is 10.0 Å². The van der Waals surface area contributed by atoms with E-state index in [1.165, 1.54) is 0 Å². The predicted molar refractivity (Wildman–Crippen MR) is 74.0 cm³/mol. The minimum atomic E-state index is -3.55. The van der Waals surface area contributed by atoms with Crippen LogP contribution in [-0.4, -0.2) is 43.5 Å². The molecule has 2 fully saturated rings. The van der Waals surface area contributed by atoms with Crippen LogP contribution in [0.1, 0.15) is 18.4 Å². The number of hydrogen-bond acceptors (Lipinski definition) is 4. The summed E-state index contributed by atoms with van der Waals surface area (Å²) in [6, 6.07) is 6.97. The molecule has 0 bridgehead atoms. The molecule has 0 aromatic heterocycles. The lowest BCUT2D eigenvalue weighted by Crippen LogP contribution is -2.30. The van der Waals surface area contributed by atoms with E-state index in [1.54, 1.807) is 12.1 Å². The number of sulfonamides is 1.